The number of aromatic nitrogens is 2. The lowest BCUT2D eigenvalue weighted by atomic mass is 10.1. The van der Waals surface area contributed by atoms with Gasteiger partial charge in [-0.15, -0.1) is 11.8 Å². The van der Waals surface area contributed by atoms with E-state index in [2.05, 4.69) is 9.97 Å². The lowest BCUT2D eigenvalue weighted by Gasteiger charge is -2.29. The second kappa shape index (κ2) is 9.21. The molecular weight excluding hydrogens is 480 g/mol. The molecule has 0 unspecified atom stereocenters. The summed E-state index contributed by atoms with van der Waals surface area (Å²) in [6, 6.07) is 6.03. The average molecular weight is 506 g/mol. The summed E-state index contributed by atoms with van der Waals surface area (Å²) in [5.41, 5.74) is 1.77. The minimum absolute atomic E-state index is 0.167. The molecule has 3 aromatic rings. The van der Waals surface area contributed by atoms with Crippen LogP contribution in [0.4, 0.5) is 14.5 Å². The number of benzene rings is 1. The number of pyridine rings is 1. The molecule has 2 N–H and O–H groups in total. The number of rotatable bonds is 5. The van der Waals surface area contributed by atoms with Crippen LogP contribution in [0.25, 0.3) is 22.3 Å². The van der Waals surface area contributed by atoms with Gasteiger partial charge in [-0.2, -0.15) is 0 Å². The first-order valence-corrected chi connectivity index (χ1v) is 12.7. The minimum Gasteiger partial charge on any atom is -0.469 e. The Morgan fingerprint density at radius 3 is 2.60 bits per heavy atom. The molecule has 0 spiro atoms. The quantitative estimate of drug-likeness (QED) is 0.512. The van der Waals surface area contributed by atoms with E-state index in [1.807, 2.05) is 11.2 Å². The van der Waals surface area contributed by atoms with Crippen molar-refractivity contribution < 1.29 is 32.8 Å². The molecule has 3 fully saturated rings. The zero-order valence-electron chi connectivity index (χ0n) is 19.0. The van der Waals surface area contributed by atoms with Crippen LogP contribution >= 0.6 is 11.8 Å². The van der Waals surface area contributed by atoms with Crippen LogP contribution in [0, 0.1) is 11.6 Å². The van der Waals surface area contributed by atoms with Crippen LogP contribution in [-0.2, 0) is 14.2 Å². The maximum Gasteiger partial charge on any atom is 0.208 e. The van der Waals surface area contributed by atoms with E-state index in [4.69, 9.17) is 18.9 Å². The van der Waals surface area contributed by atoms with E-state index >= 15 is 8.78 Å². The predicted molar refractivity (Wildman–Crippen MR) is 126 cm³/mol. The number of ether oxygens (including phenoxy) is 4. The van der Waals surface area contributed by atoms with Crippen molar-refractivity contribution in [2.75, 3.05) is 50.7 Å². The molecule has 4 atom stereocenters. The van der Waals surface area contributed by atoms with Gasteiger partial charge >= 0.3 is 0 Å². The lowest BCUT2D eigenvalue weighted by molar-refractivity contribution is 0.00742. The van der Waals surface area contributed by atoms with Gasteiger partial charge in [0.15, 0.2) is 6.10 Å². The number of fused-ring (bicyclic) bond motifs is 2. The molecule has 35 heavy (non-hydrogen) atoms. The molecule has 2 aromatic heterocycles. The largest absolute Gasteiger partial charge is 0.469 e. The summed E-state index contributed by atoms with van der Waals surface area (Å²) in [6.07, 6.45) is 0.0607. The van der Waals surface area contributed by atoms with E-state index in [0.717, 1.165) is 4.90 Å². The molecule has 0 amide bonds. The summed E-state index contributed by atoms with van der Waals surface area (Å²) < 4.78 is 53.1. The van der Waals surface area contributed by atoms with Crippen molar-refractivity contribution >= 4 is 28.5 Å². The van der Waals surface area contributed by atoms with Crippen molar-refractivity contribution in [3.05, 3.63) is 35.9 Å². The number of halogens is 2. The van der Waals surface area contributed by atoms with Crippen molar-refractivity contribution in [2.45, 2.75) is 29.3 Å². The molecule has 0 radical (unpaired) electrons. The van der Waals surface area contributed by atoms with Gasteiger partial charge < -0.3 is 33.9 Å². The Morgan fingerprint density at radius 2 is 1.86 bits per heavy atom. The highest BCUT2D eigenvalue weighted by atomic mass is 32.2. The number of aromatic amines is 1. The fraction of sp³-hybridized carbons (Fsp3) is 0.458. The van der Waals surface area contributed by atoms with Crippen LogP contribution in [0.5, 0.6) is 5.88 Å². The van der Waals surface area contributed by atoms with E-state index in [1.54, 1.807) is 12.1 Å². The summed E-state index contributed by atoms with van der Waals surface area (Å²) in [6.45, 7) is 2.73. The molecule has 3 aliphatic heterocycles. The number of hydrogen-bond acceptors (Lipinski definition) is 8. The summed E-state index contributed by atoms with van der Waals surface area (Å²) >= 11 is 1.42. The number of anilines is 1. The van der Waals surface area contributed by atoms with Gasteiger partial charge in [-0.3, -0.25) is 0 Å². The maximum atomic E-state index is 15.1. The first-order valence-electron chi connectivity index (χ1n) is 11.5. The third-order valence-electron chi connectivity index (χ3n) is 6.68. The predicted octanol–water partition coefficient (Wildman–Crippen LogP) is 2.97. The Balaban J connectivity index is 1.32. The molecule has 1 aromatic carbocycles. The summed E-state index contributed by atoms with van der Waals surface area (Å²) in [5, 5.41) is 9.98. The first-order chi connectivity index (χ1) is 17.0. The number of H-pyrrole nitrogens is 1. The van der Waals surface area contributed by atoms with Crippen molar-refractivity contribution in [3.8, 4) is 17.1 Å². The Hall–Kier alpha value is -2.44. The number of nitrogens with one attached hydrogen (secondary N) is 1. The summed E-state index contributed by atoms with van der Waals surface area (Å²) in [4.78, 5) is 10.4. The second-order valence-electron chi connectivity index (χ2n) is 8.78. The lowest BCUT2D eigenvalue weighted by Crippen LogP contribution is -2.36. The van der Waals surface area contributed by atoms with Crippen LogP contribution in [0.2, 0.25) is 0 Å². The number of hydrogen-bond donors (Lipinski definition) is 2. The number of morpholine rings is 1. The molecule has 186 valence electrons. The van der Waals surface area contributed by atoms with Crippen LogP contribution in [0.3, 0.4) is 0 Å². The van der Waals surface area contributed by atoms with Crippen molar-refractivity contribution in [2.24, 2.45) is 0 Å². The highest BCUT2D eigenvalue weighted by Crippen LogP contribution is 2.39. The summed E-state index contributed by atoms with van der Waals surface area (Å²) in [5.74, 6) is -0.843. The van der Waals surface area contributed by atoms with Crippen LogP contribution in [0.15, 0.2) is 29.2 Å². The van der Waals surface area contributed by atoms with Gasteiger partial charge in [-0.25, -0.2) is 13.8 Å². The summed E-state index contributed by atoms with van der Waals surface area (Å²) in [7, 11) is 0. The van der Waals surface area contributed by atoms with E-state index in [0.29, 0.717) is 55.5 Å². The smallest absolute Gasteiger partial charge is 0.208 e. The van der Waals surface area contributed by atoms with Gasteiger partial charge in [0, 0.05) is 18.8 Å². The Morgan fingerprint density at radius 1 is 1.11 bits per heavy atom. The molecule has 8 nitrogen and oxygen atoms in total. The first kappa shape index (κ1) is 23.0. The fourth-order valence-electron chi connectivity index (χ4n) is 4.94. The monoisotopic (exact) mass is 505 g/mol. The zero-order valence-corrected chi connectivity index (χ0v) is 19.8. The normalized spacial score (nSPS) is 26.5. The SMILES string of the molecule is CSc1c(O[C@@H]2CO[C@H]3[C@@H]2OC[C@H]3O)[nH]c2ccc(-c3c(F)cc(N4CCOCC4)cc3F)nc12. The Labute approximate surface area is 204 Å². The molecule has 6 rings (SSSR count). The van der Waals surface area contributed by atoms with Crippen LogP contribution in [-0.4, -0.2) is 85.3 Å². The molecule has 5 heterocycles. The van der Waals surface area contributed by atoms with E-state index in [9.17, 15) is 5.11 Å². The van der Waals surface area contributed by atoms with Crippen molar-refractivity contribution in [1.29, 1.82) is 0 Å². The topological polar surface area (TPSA) is 89.1 Å². The maximum absolute atomic E-state index is 15.1. The third kappa shape index (κ3) is 4.05. The molecule has 0 bridgehead atoms. The van der Waals surface area contributed by atoms with Gasteiger partial charge in [-0.1, -0.05) is 0 Å². The fourth-order valence-corrected chi connectivity index (χ4v) is 5.57. The molecule has 3 aliphatic rings. The number of aliphatic hydroxyl groups excluding tert-OH is 1. The van der Waals surface area contributed by atoms with E-state index in [-0.39, 0.29) is 24.0 Å². The van der Waals surface area contributed by atoms with Gasteiger partial charge in [0.2, 0.25) is 5.88 Å². The van der Waals surface area contributed by atoms with Gasteiger partial charge in [-0.05, 0) is 30.5 Å². The molecule has 0 saturated carbocycles. The van der Waals surface area contributed by atoms with E-state index in [1.165, 1.54) is 23.9 Å². The van der Waals surface area contributed by atoms with Gasteiger partial charge in [0.05, 0.1) is 48.1 Å². The highest BCUT2D eigenvalue weighted by Gasteiger charge is 2.48. The van der Waals surface area contributed by atoms with Crippen LogP contribution < -0.4 is 9.64 Å². The van der Waals surface area contributed by atoms with Gasteiger partial charge in [0.1, 0.15) is 35.5 Å². The van der Waals surface area contributed by atoms with E-state index < -0.39 is 29.9 Å². The Kier molecular flexibility index (Phi) is 6.05. The Bertz CT molecular complexity index is 1230. The molecular formula is C24H25F2N3O5S. The average Bonchev–Trinajstić information content (AvgIpc) is 3.54. The standard InChI is InChI=1S/C24H25F2N3O5S/c1-35-23-20-16(28-24(23)34-18-11-33-21-17(30)10-32-22(18)21)3-2-15(27-20)19-13(25)8-12(9-14(19)26)29-4-6-31-7-5-29/h2-3,8-9,17-18,21-22,28,30H,4-7,10-11H2,1H3/t17-,18-,21-,22-/m1/s1. The van der Waals surface area contributed by atoms with Crippen LogP contribution in [0.1, 0.15) is 0 Å². The van der Waals surface area contributed by atoms with Crippen molar-refractivity contribution in [1.82, 2.24) is 9.97 Å². The third-order valence-corrected chi connectivity index (χ3v) is 7.47. The second-order valence-corrected chi connectivity index (χ2v) is 9.60. The highest BCUT2D eigenvalue weighted by molar-refractivity contribution is 7.99. The number of nitrogens with zero attached hydrogens (tertiary/aromatic N) is 2. The molecule has 0 aliphatic carbocycles. The number of aliphatic hydroxyl groups is 1. The number of thioether (sulfide) groups is 1. The molecule has 11 heteroatoms. The van der Waals surface area contributed by atoms with Crippen molar-refractivity contribution in [3.63, 3.8) is 0 Å². The molecule has 3 saturated heterocycles. The zero-order chi connectivity index (χ0) is 24.1. The van der Waals surface area contributed by atoms with Gasteiger partial charge in [0.25, 0.3) is 0 Å². The minimum atomic E-state index is -0.667.